The van der Waals surface area contributed by atoms with Crippen molar-refractivity contribution in [2.24, 2.45) is 0 Å². The minimum atomic E-state index is -5.03. The summed E-state index contributed by atoms with van der Waals surface area (Å²) in [7, 11) is 0. The molecule has 11 heteroatoms. The predicted octanol–water partition coefficient (Wildman–Crippen LogP) is 9.27. The molecule has 238 valence electrons. The molecule has 4 aromatic rings. The SMILES string of the molecule is Cc1ccc(NC(=O)C(F)(F)F)cc1OCCCN(Cc1cccc(C(F)(F)F)c1Cl)CC(c1ccccc1)c1ccccc1. The maximum Gasteiger partial charge on any atom is 0.471 e. The van der Waals surface area contributed by atoms with E-state index in [9.17, 15) is 31.1 Å². The third-order valence-electron chi connectivity index (χ3n) is 7.20. The van der Waals surface area contributed by atoms with Crippen LogP contribution in [-0.2, 0) is 17.5 Å². The van der Waals surface area contributed by atoms with Crippen LogP contribution in [0.25, 0.3) is 0 Å². The van der Waals surface area contributed by atoms with Gasteiger partial charge in [-0.3, -0.25) is 9.69 Å². The Kier molecular flexibility index (Phi) is 11.2. The Balaban J connectivity index is 1.54. The van der Waals surface area contributed by atoms with Gasteiger partial charge >= 0.3 is 18.3 Å². The molecular formula is C34H31ClF6N2O2. The van der Waals surface area contributed by atoms with Gasteiger partial charge in [0.15, 0.2) is 0 Å². The minimum absolute atomic E-state index is 0.0627. The highest BCUT2D eigenvalue weighted by Gasteiger charge is 2.38. The van der Waals surface area contributed by atoms with Crippen LogP contribution >= 0.6 is 11.6 Å². The topological polar surface area (TPSA) is 41.6 Å². The van der Waals surface area contributed by atoms with Gasteiger partial charge in [0.05, 0.1) is 17.2 Å². The molecule has 45 heavy (non-hydrogen) atoms. The van der Waals surface area contributed by atoms with E-state index in [2.05, 4.69) is 0 Å². The molecule has 0 bridgehead atoms. The van der Waals surface area contributed by atoms with Crippen LogP contribution in [0.3, 0.4) is 0 Å². The zero-order valence-electron chi connectivity index (χ0n) is 24.3. The fourth-order valence-corrected chi connectivity index (χ4v) is 5.23. The number of anilines is 1. The first-order valence-electron chi connectivity index (χ1n) is 14.1. The molecule has 0 saturated carbocycles. The first-order chi connectivity index (χ1) is 21.3. The number of carbonyl (C=O) groups is 1. The largest absolute Gasteiger partial charge is 0.493 e. The van der Waals surface area contributed by atoms with Gasteiger partial charge in [0.1, 0.15) is 5.75 Å². The van der Waals surface area contributed by atoms with E-state index in [-0.39, 0.29) is 29.8 Å². The van der Waals surface area contributed by atoms with Gasteiger partial charge in [-0.1, -0.05) is 90.5 Å². The number of nitrogens with one attached hydrogen (secondary N) is 1. The summed E-state index contributed by atoms with van der Waals surface area (Å²) in [6.07, 6.45) is -9.20. The number of aryl methyl sites for hydroxylation is 1. The summed E-state index contributed by atoms with van der Waals surface area (Å²) in [6, 6.07) is 27.6. The monoisotopic (exact) mass is 648 g/mol. The standard InChI is InChI=1S/C34H31ClF6N2O2/c1-23-16-17-27(42-32(44)34(39,40)41)20-30(23)45-19-9-18-43(21-26-14-8-15-29(31(26)35)33(36,37)38)22-28(24-10-4-2-5-11-24)25-12-6-3-7-13-25/h2-8,10-17,20,28H,9,18-19,21-22H2,1H3,(H,42,44). The molecule has 0 unspecified atom stereocenters. The van der Waals surface area contributed by atoms with Crippen molar-refractivity contribution in [3.05, 3.63) is 130 Å². The number of nitrogens with zero attached hydrogens (tertiary/aromatic N) is 1. The Morgan fingerprint density at radius 3 is 2.07 bits per heavy atom. The first-order valence-corrected chi connectivity index (χ1v) is 14.5. The molecule has 0 aromatic heterocycles. The summed E-state index contributed by atoms with van der Waals surface area (Å²) in [5, 5.41) is 1.46. The van der Waals surface area contributed by atoms with Gasteiger partial charge < -0.3 is 10.1 Å². The Morgan fingerprint density at radius 1 is 0.867 bits per heavy atom. The number of alkyl halides is 6. The molecule has 0 spiro atoms. The van der Waals surface area contributed by atoms with Gasteiger partial charge in [-0.05, 0) is 47.7 Å². The average molecular weight is 649 g/mol. The van der Waals surface area contributed by atoms with Crippen LogP contribution in [0.15, 0.2) is 97.1 Å². The molecule has 0 atom stereocenters. The molecule has 0 saturated heterocycles. The molecule has 0 fully saturated rings. The number of hydrogen-bond donors (Lipinski definition) is 1. The van der Waals surface area contributed by atoms with Crippen molar-refractivity contribution in [2.45, 2.75) is 38.2 Å². The number of hydrogen-bond acceptors (Lipinski definition) is 3. The van der Waals surface area contributed by atoms with Gasteiger partial charge in [0.2, 0.25) is 0 Å². The van der Waals surface area contributed by atoms with E-state index in [1.807, 2.05) is 70.9 Å². The quantitative estimate of drug-likeness (QED) is 0.123. The lowest BCUT2D eigenvalue weighted by Crippen LogP contribution is -2.31. The van der Waals surface area contributed by atoms with Crippen molar-refractivity contribution in [3.8, 4) is 5.75 Å². The lowest BCUT2D eigenvalue weighted by atomic mass is 9.90. The third kappa shape index (κ3) is 9.48. The molecule has 0 aliphatic rings. The van der Waals surface area contributed by atoms with E-state index >= 15 is 0 Å². The Hall–Kier alpha value is -4.02. The number of carbonyl (C=O) groups excluding carboxylic acids is 1. The highest BCUT2D eigenvalue weighted by molar-refractivity contribution is 6.32. The van der Waals surface area contributed by atoms with Crippen LogP contribution in [0.1, 0.15) is 40.2 Å². The summed E-state index contributed by atoms with van der Waals surface area (Å²) < 4.78 is 84.8. The number of ether oxygens (including phenoxy) is 1. The first kappa shape index (κ1) is 33.9. The zero-order valence-corrected chi connectivity index (χ0v) is 25.0. The number of halogens is 7. The van der Waals surface area contributed by atoms with Gasteiger partial charge in [-0.25, -0.2) is 0 Å². The summed E-state index contributed by atoms with van der Waals surface area (Å²) in [5.74, 6) is -1.89. The Morgan fingerprint density at radius 2 is 1.49 bits per heavy atom. The highest BCUT2D eigenvalue weighted by atomic mass is 35.5. The summed E-state index contributed by atoms with van der Waals surface area (Å²) in [6.45, 7) is 2.88. The molecule has 1 amide bonds. The van der Waals surface area contributed by atoms with E-state index in [1.165, 1.54) is 24.3 Å². The van der Waals surface area contributed by atoms with Gasteiger partial charge in [-0.15, -0.1) is 0 Å². The van der Waals surface area contributed by atoms with Crippen LogP contribution in [0, 0.1) is 6.92 Å². The maximum atomic E-state index is 13.6. The van der Waals surface area contributed by atoms with Crippen molar-refractivity contribution in [1.29, 1.82) is 0 Å². The normalized spacial score (nSPS) is 12.0. The van der Waals surface area contributed by atoms with Crippen molar-refractivity contribution in [2.75, 3.05) is 25.0 Å². The van der Waals surface area contributed by atoms with Crippen molar-refractivity contribution in [3.63, 3.8) is 0 Å². The predicted molar refractivity (Wildman–Crippen MR) is 162 cm³/mol. The van der Waals surface area contributed by atoms with Crippen LogP contribution in [0.5, 0.6) is 5.75 Å². The maximum absolute atomic E-state index is 13.6. The van der Waals surface area contributed by atoms with E-state index in [0.717, 1.165) is 17.2 Å². The molecular weight excluding hydrogens is 618 g/mol. The van der Waals surface area contributed by atoms with E-state index in [4.69, 9.17) is 16.3 Å². The number of amides is 1. The number of rotatable bonds is 12. The molecule has 0 radical (unpaired) electrons. The molecule has 1 N–H and O–H groups in total. The summed E-state index contributed by atoms with van der Waals surface area (Å²) >= 11 is 6.27. The molecule has 0 heterocycles. The van der Waals surface area contributed by atoms with Crippen LogP contribution in [0.2, 0.25) is 5.02 Å². The van der Waals surface area contributed by atoms with E-state index < -0.39 is 23.8 Å². The van der Waals surface area contributed by atoms with Crippen LogP contribution in [-0.4, -0.2) is 36.7 Å². The Labute approximate surface area is 262 Å². The van der Waals surface area contributed by atoms with Crippen LogP contribution in [0.4, 0.5) is 32.0 Å². The lowest BCUT2D eigenvalue weighted by Gasteiger charge is -2.29. The summed E-state index contributed by atoms with van der Waals surface area (Å²) in [4.78, 5) is 13.4. The van der Waals surface area contributed by atoms with E-state index in [1.54, 1.807) is 13.0 Å². The smallest absolute Gasteiger partial charge is 0.471 e. The molecule has 4 nitrogen and oxygen atoms in total. The second kappa shape index (κ2) is 14.8. The van der Waals surface area contributed by atoms with Crippen LogP contribution < -0.4 is 10.1 Å². The fourth-order valence-electron chi connectivity index (χ4n) is 4.93. The van der Waals surface area contributed by atoms with Crippen molar-refractivity contribution >= 4 is 23.2 Å². The second-order valence-corrected chi connectivity index (χ2v) is 10.9. The van der Waals surface area contributed by atoms with Crippen molar-refractivity contribution < 1.29 is 35.9 Å². The number of benzene rings is 4. The minimum Gasteiger partial charge on any atom is -0.493 e. The van der Waals surface area contributed by atoms with E-state index in [0.29, 0.717) is 36.4 Å². The molecule has 4 aromatic carbocycles. The van der Waals surface area contributed by atoms with Gasteiger partial charge in [-0.2, -0.15) is 26.3 Å². The highest BCUT2D eigenvalue weighted by Crippen LogP contribution is 2.37. The lowest BCUT2D eigenvalue weighted by molar-refractivity contribution is -0.167. The van der Waals surface area contributed by atoms with Gasteiger partial charge in [0.25, 0.3) is 0 Å². The Bertz CT molecular complexity index is 1520. The summed E-state index contributed by atoms with van der Waals surface area (Å²) in [5.41, 5.74) is 2.09. The third-order valence-corrected chi connectivity index (χ3v) is 7.65. The molecule has 0 aliphatic heterocycles. The van der Waals surface area contributed by atoms with Gasteiger partial charge in [0, 0.05) is 37.3 Å². The molecule has 4 rings (SSSR count). The zero-order chi connectivity index (χ0) is 32.6. The second-order valence-electron chi connectivity index (χ2n) is 10.5. The molecule has 0 aliphatic carbocycles. The average Bonchev–Trinajstić information content (AvgIpc) is 3.00. The van der Waals surface area contributed by atoms with Crippen molar-refractivity contribution in [1.82, 2.24) is 4.90 Å². The fraction of sp³-hybridized carbons (Fsp3) is 0.265.